The molecule has 3 N–H and O–H groups in total. The van der Waals surface area contributed by atoms with Gasteiger partial charge in [0.15, 0.2) is 0 Å². The zero-order valence-corrected chi connectivity index (χ0v) is 17.4. The van der Waals surface area contributed by atoms with Crippen LogP contribution in [0.2, 0.25) is 0 Å². The largest absolute Gasteiger partial charge is 0.378 e. The maximum atomic E-state index is 13.2. The van der Waals surface area contributed by atoms with Crippen LogP contribution in [0.25, 0.3) is 11.1 Å². The van der Waals surface area contributed by atoms with E-state index in [0.29, 0.717) is 30.0 Å². The van der Waals surface area contributed by atoms with E-state index in [9.17, 15) is 9.59 Å². The third-order valence-electron chi connectivity index (χ3n) is 5.54. The Hall–Kier alpha value is -3.64. The zero-order valence-electron chi connectivity index (χ0n) is 17.4. The minimum absolute atomic E-state index is 0.208. The average molecular weight is 415 g/mol. The van der Waals surface area contributed by atoms with Gasteiger partial charge < -0.3 is 20.7 Å². The molecule has 2 amide bonds. The summed E-state index contributed by atoms with van der Waals surface area (Å²) in [5, 5.41) is 2.91. The quantitative estimate of drug-likeness (QED) is 0.663. The fourth-order valence-electron chi connectivity index (χ4n) is 3.91. The van der Waals surface area contributed by atoms with Crippen molar-refractivity contribution in [3.63, 3.8) is 0 Å². The van der Waals surface area contributed by atoms with Crippen molar-refractivity contribution in [2.24, 2.45) is 5.73 Å². The summed E-state index contributed by atoms with van der Waals surface area (Å²) in [5.74, 6) is -0.987. The van der Waals surface area contributed by atoms with E-state index in [1.807, 2.05) is 67.6 Å². The van der Waals surface area contributed by atoms with E-state index in [2.05, 4.69) is 10.2 Å². The predicted octanol–water partition coefficient (Wildman–Crippen LogP) is 3.85. The number of carbonyl (C=O) groups is 2. The van der Waals surface area contributed by atoms with Gasteiger partial charge in [-0.25, -0.2) is 0 Å². The molecule has 0 atom stereocenters. The summed E-state index contributed by atoms with van der Waals surface area (Å²) >= 11 is 0. The van der Waals surface area contributed by atoms with Gasteiger partial charge >= 0.3 is 0 Å². The summed E-state index contributed by atoms with van der Waals surface area (Å²) in [6, 6.07) is 20.9. The van der Waals surface area contributed by atoms with Crippen LogP contribution in [0.1, 0.15) is 26.3 Å². The number of primary amides is 1. The van der Waals surface area contributed by atoms with Crippen LogP contribution in [0, 0.1) is 6.92 Å². The Morgan fingerprint density at radius 3 is 2.26 bits per heavy atom. The van der Waals surface area contributed by atoms with E-state index in [-0.39, 0.29) is 11.5 Å². The third kappa shape index (κ3) is 4.44. The normalized spacial score (nSPS) is 13.6. The number of nitrogens with one attached hydrogen (secondary N) is 1. The number of morpholine rings is 1. The summed E-state index contributed by atoms with van der Waals surface area (Å²) in [6.45, 7) is 4.96. The molecule has 0 unspecified atom stereocenters. The highest BCUT2D eigenvalue weighted by molar-refractivity contribution is 6.13. The lowest BCUT2D eigenvalue weighted by molar-refractivity contribution is 0.0976. The molecular formula is C25H25N3O3. The number of anilines is 2. The Balaban J connectivity index is 1.62. The molecule has 0 spiro atoms. The van der Waals surface area contributed by atoms with Crippen molar-refractivity contribution in [3.05, 3.63) is 83.4 Å². The molecule has 0 radical (unpaired) electrons. The van der Waals surface area contributed by atoms with Crippen molar-refractivity contribution in [2.45, 2.75) is 6.92 Å². The Kier molecular flexibility index (Phi) is 6.00. The van der Waals surface area contributed by atoms with Crippen LogP contribution in [0.3, 0.4) is 0 Å². The van der Waals surface area contributed by atoms with Gasteiger partial charge in [0, 0.05) is 24.5 Å². The number of benzene rings is 3. The maximum Gasteiger partial charge on any atom is 0.256 e. The fraction of sp³-hybridized carbons (Fsp3) is 0.200. The van der Waals surface area contributed by atoms with Crippen LogP contribution in [0.4, 0.5) is 11.4 Å². The van der Waals surface area contributed by atoms with Crippen molar-refractivity contribution in [3.8, 4) is 11.1 Å². The first-order valence-corrected chi connectivity index (χ1v) is 10.3. The van der Waals surface area contributed by atoms with Gasteiger partial charge in [-0.05, 0) is 53.9 Å². The van der Waals surface area contributed by atoms with E-state index in [0.717, 1.165) is 29.9 Å². The summed E-state index contributed by atoms with van der Waals surface area (Å²) in [7, 11) is 0. The van der Waals surface area contributed by atoms with Crippen molar-refractivity contribution in [1.82, 2.24) is 0 Å². The van der Waals surface area contributed by atoms with E-state index in [1.54, 1.807) is 6.07 Å². The molecule has 1 aliphatic rings. The smallest absolute Gasteiger partial charge is 0.256 e. The van der Waals surface area contributed by atoms with E-state index in [1.165, 1.54) is 0 Å². The van der Waals surface area contributed by atoms with Gasteiger partial charge in [0.1, 0.15) is 0 Å². The van der Waals surface area contributed by atoms with Crippen LogP contribution < -0.4 is 16.0 Å². The van der Waals surface area contributed by atoms with Crippen molar-refractivity contribution in [2.75, 3.05) is 36.5 Å². The van der Waals surface area contributed by atoms with Gasteiger partial charge in [0.25, 0.3) is 5.91 Å². The Morgan fingerprint density at radius 2 is 1.61 bits per heavy atom. The molecule has 6 heteroatoms. The van der Waals surface area contributed by atoms with Crippen LogP contribution in [-0.4, -0.2) is 38.1 Å². The highest BCUT2D eigenvalue weighted by atomic mass is 16.5. The number of hydrogen-bond acceptors (Lipinski definition) is 4. The second-order valence-corrected chi connectivity index (χ2v) is 7.49. The van der Waals surface area contributed by atoms with Gasteiger partial charge in [-0.15, -0.1) is 0 Å². The van der Waals surface area contributed by atoms with Crippen LogP contribution in [0.5, 0.6) is 0 Å². The molecule has 0 saturated carbocycles. The fourth-order valence-corrected chi connectivity index (χ4v) is 3.91. The van der Waals surface area contributed by atoms with Crippen LogP contribution >= 0.6 is 0 Å². The van der Waals surface area contributed by atoms with Gasteiger partial charge in [0.2, 0.25) is 5.91 Å². The number of carbonyl (C=O) groups excluding carboxylic acids is 2. The first kappa shape index (κ1) is 20.6. The average Bonchev–Trinajstić information content (AvgIpc) is 2.80. The topological polar surface area (TPSA) is 84.7 Å². The Labute approximate surface area is 181 Å². The van der Waals surface area contributed by atoms with Crippen molar-refractivity contribution >= 4 is 23.2 Å². The van der Waals surface area contributed by atoms with Gasteiger partial charge in [0.05, 0.1) is 24.3 Å². The van der Waals surface area contributed by atoms with Crippen LogP contribution in [0.15, 0.2) is 66.7 Å². The lowest BCUT2D eigenvalue weighted by Gasteiger charge is -2.28. The second-order valence-electron chi connectivity index (χ2n) is 7.49. The molecule has 1 saturated heterocycles. The van der Waals surface area contributed by atoms with E-state index in [4.69, 9.17) is 10.5 Å². The molecule has 31 heavy (non-hydrogen) atoms. The Bertz CT molecular complexity index is 1090. The SMILES string of the molecule is Cc1c(-c2ccccc2)ccc(C(N)=O)c1C(=O)Nc1ccc(N2CCOCC2)cc1. The molecule has 4 rings (SSSR count). The lowest BCUT2D eigenvalue weighted by Crippen LogP contribution is -2.36. The van der Waals surface area contributed by atoms with Crippen molar-refractivity contribution < 1.29 is 14.3 Å². The predicted molar refractivity (Wildman–Crippen MR) is 123 cm³/mol. The number of nitrogens with zero attached hydrogens (tertiary/aromatic N) is 1. The molecule has 0 bridgehead atoms. The standard InChI is InChI=1S/C25H25N3O3/c1-17-21(18-5-3-2-4-6-18)11-12-22(24(26)29)23(17)25(30)27-19-7-9-20(10-8-19)28-13-15-31-16-14-28/h2-12H,13-16H2,1H3,(H2,26,29)(H,27,30). The number of amides is 2. The minimum Gasteiger partial charge on any atom is -0.378 e. The third-order valence-corrected chi connectivity index (χ3v) is 5.54. The molecule has 0 aromatic heterocycles. The molecule has 1 heterocycles. The number of ether oxygens (including phenoxy) is 1. The van der Waals surface area contributed by atoms with Gasteiger partial charge in [-0.2, -0.15) is 0 Å². The monoisotopic (exact) mass is 415 g/mol. The lowest BCUT2D eigenvalue weighted by atomic mass is 9.92. The molecule has 3 aromatic carbocycles. The number of hydrogen-bond donors (Lipinski definition) is 2. The summed E-state index contributed by atoms with van der Waals surface area (Å²) in [6.07, 6.45) is 0. The van der Waals surface area contributed by atoms with E-state index < -0.39 is 5.91 Å². The molecule has 0 aliphatic carbocycles. The number of rotatable bonds is 5. The highest BCUT2D eigenvalue weighted by Crippen LogP contribution is 2.29. The summed E-state index contributed by atoms with van der Waals surface area (Å²) in [4.78, 5) is 27.5. The molecule has 158 valence electrons. The summed E-state index contributed by atoms with van der Waals surface area (Å²) < 4.78 is 5.39. The minimum atomic E-state index is -0.629. The molecule has 6 nitrogen and oxygen atoms in total. The van der Waals surface area contributed by atoms with E-state index >= 15 is 0 Å². The molecule has 1 aliphatic heterocycles. The first-order valence-electron chi connectivity index (χ1n) is 10.3. The summed E-state index contributed by atoms with van der Waals surface area (Å²) in [5.41, 5.74) is 10.4. The molecule has 1 fully saturated rings. The second kappa shape index (κ2) is 9.02. The first-order chi connectivity index (χ1) is 15.0. The van der Waals surface area contributed by atoms with Crippen molar-refractivity contribution in [1.29, 1.82) is 0 Å². The van der Waals surface area contributed by atoms with Gasteiger partial charge in [-0.3, -0.25) is 9.59 Å². The zero-order chi connectivity index (χ0) is 21.8. The highest BCUT2D eigenvalue weighted by Gasteiger charge is 2.21. The number of nitrogens with two attached hydrogens (primary N) is 1. The van der Waals surface area contributed by atoms with Crippen LogP contribution in [-0.2, 0) is 4.74 Å². The van der Waals surface area contributed by atoms with Gasteiger partial charge in [-0.1, -0.05) is 36.4 Å². The maximum absolute atomic E-state index is 13.2. The molecule has 3 aromatic rings. The Morgan fingerprint density at radius 1 is 0.935 bits per heavy atom. The molecular weight excluding hydrogens is 390 g/mol.